The number of benzene rings is 1. The van der Waals surface area contributed by atoms with Crippen molar-refractivity contribution in [3.8, 4) is 16.3 Å². The van der Waals surface area contributed by atoms with Crippen LogP contribution < -0.4 is 10.1 Å². The van der Waals surface area contributed by atoms with Crippen LogP contribution >= 0.6 is 11.3 Å². The highest BCUT2D eigenvalue weighted by molar-refractivity contribution is 7.13. The molecular formula is C16H18N2O4S. The highest BCUT2D eigenvalue weighted by atomic mass is 32.1. The number of nitrogens with one attached hydrogen (secondary N) is 1. The van der Waals surface area contributed by atoms with Gasteiger partial charge in [-0.2, -0.15) is 0 Å². The molecule has 2 aromatic rings. The fourth-order valence-electron chi connectivity index (χ4n) is 1.90. The van der Waals surface area contributed by atoms with Crippen LogP contribution in [0.5, 0.6) is 5.75 Å². The second-order valence-electron chi connectivity index (χ2n) is 4.91. The molecule has 1 amide bonds. The Morgan fingerprint density at radius 1 is 1.35 bits per heavy atom. The summed E-state index contributed by atoms with van der Waals surface area (Å²) in [5.74, 6) is -0.620. The number of hydrogen-bond acceptors (Lipinski definition) is 5. The van der Waals surface area contributed by atoms with Crippen molar-refractivity contribution in [3.63, 3.8) is 0 Å². The number of amides is 1. The van der Waals surface area contributed by atoms with Crippen molar-refractivity contribution in [3.05, 3.63) is 35.3 Å². The number of carbonyl (C=O) groups is 2. The van der Waals surface area contributed by atoms with E-state index in [1.165, 1.54) is 18.3 Å². The third kappa shape index (κ3) is 4.79. The van der Waals surface area contributed by atoms with Gasteiger partial charge in [-0.05, 0) is 38.1 Å². The molecule has 1 atom stereocenters. The molecule has 0 saturated heterocycles. The smallest absolute Gasteiger partial charge is 0.325 e. The lowest BCUT2D eigenvalue weighted by atomic mass is 10.2. The Morgan fingerprint density at radius 3 is 2.65 bits per heavy atom. The summed E-state index contributed by atoms with van der Waals surface area (Å²) in [5, 5.41) is 13.8. The Hall–Kier alpha value is -2.41. The highest BCUT2D eigenvalue weighted by Crippen LogP contribution is 2.25. The van der Waals surface area contributed by atoms with Crippen molar-refractivity contribution in [1.29, 1.82) is 0 Å². The Balaban J connectivity index is 2.00. The van der Waals surface area contributed by atoms with E-state index >= 15 is 0 Å². The van der Waals surface area contributed by atoms with Crippen molar-refractivity contribution in [1.82, 2.24) is 10.3 Å². The van der Waals surface area contributed by atoms with E-state index in [-0.39, 0.29) is 12.3 Å². The molecule has 0 aliphatic heterocycles. The van der Waals surface area contributed by atoms with E-state index in [2.05, 4.69) is 10.3 Å². The molecule has 122 valence electrons. The lowest BCUT2D eigenvalue weighted by Crippen LogP contribution is -2.39. The molecular weight excluding hydrogens is 316 g/mol. The first-order chi connectivity index (χ1) is 11.0. The second-order valence-corrected chi connectivity index (χ2v) is 5.76. The first-order valence-electron chi connectivity index (χ1n) is 7.19. The molecule has 0 unspecified atom stereocenters. The van der Waals surface area contributed by atoms with Gasteiger partial charge in [-0.15, -0.1) is 11.3 Å². The summed E-state index contributed by atoms with van der Waals surface area (Å²) in [6.07, 6.45) is 0.0607. The number of carboxylic acid groups (broad SMARTS) is 1. The Bertz CT molecular complexity index is 682. The van der Waals surface area contributed by atoms with E-state index < -0.39 is 12.0 Å². The normalized spacial score (nSPS) is 11.7. The van der Waals surface area contributed by atoms with Crippen LogP contribution in [0.3, 0.4) is 0 Å². The van der Waals surface area contributed by atoms with Gasteiger partial charge < -0.3 is 15.2 Å². The van der Waals surface area contributed by atoms with E-state index in [4.69, 9.17) is 9.84 Å². The van der Waals surface area contributed by atoms with Gasteiger partial charge >= 0.3 is 5.97 Å². The van der Waals surface area contributed by atoms with Gasteiger partial charge in [0.2, 0.25) is 5.91 Å². The fraction of sp³-hybridized carbons (Fsp3) is 0.312. The van der Waals surface area contributed by atoms with Crippen molar-refractivity contribution in [2.75, 3.05) is 6.61 Å². The largest absolute Gasteiger partial charge is 0.494 e. The van der Waals surface area contributed by atoms with Crippen LogP contribution in [0.15, 0.2) is 29.6 Å². The molecule has 0 aliphatic carbocycles. The number of hydrogen-bond donors (Lipinski definition) is 2. The second kappa shape index (κ2) is 7.73. The summed E-state index contributed by atoms with van der Waals surface area (Å²) in [6.45, 7) is 3.97. The van der Waals surface area contributed by atoms with Crippen LogP contribution in [0.4, 0.5) is 0 Å². The predicted molar refractivity (Wildman–Crippen MR) is 87.7 cm³/mol. The number of aliphatic carboxylic acids is 1. The minimum atomic E-state index is -1.06. The number of thiazole rings is 1. The van der Waals surface area contributed by atoms with Crippen molar-refractivity contribution < 1.29 is 19.4 Å². The molecule has 0 spiro atoms. The average molecular weight is 334 g/mol. The van der Waals surface area contributed by atoms with Gasteiger partial charge in [0, 0.05) is 10.9 Å². The van der Waals surface area contributed by atoms with Crippen LogP contribution in [-0.2, 0) is 16.0 Å². The average Bonchev–Trinajstić information content (AvgIpc) is 2.96. The molecule has 0 radical (unpaired) electrons. The Morgan fingerprint density at radius 2 is 2.04 bits per heavy atom. The molecule has 6 nitrogen and oxygen atoms in total. The fourth-order valence-corrected chi connectivity index (χ4v) is 2.73. The minimum Gasteiger partial charge on any atom is -0.494 e. The van der Waals surface area contributed by atoms with Crippen molar-refractivity contribution in [2.24, 2.45) is 0 Å². The molecule has 0 fully saturated rings. The monoisotopic (exact) mass is 334 g/mol. The molecule has 2 N–H and O–H groups in total. The minimum absolute atomic E-state index is 0.0607. The molecule has 23 heavy (non-hydrogen) atoms. The molecule has 2 rings (SSSR count). The lowest BCUT2D eigenvalue weighted by Gasteiger charge is -2.07. The van der Waals surface area contributed by atoms with Gasteiger partial charge in [0.1, 0.15) is 16.8 Å². The molecule has 1 heterocycles. The zero-order valence-electron chi connectivity index (χ0n) is 12.9. The molecule has 0 bridgehead atoms. The zero-order valence-corrected chi connectivity index (χ0v) is 13.7. The van der Waals surface area contributed by atoms with Gasteiger partial charge in [-0.1, -0.05) is 0 Å². The number of carbonyl (C=O) groups excluding carboxylic acids is 1. The van der Waals surface area contributed by atoms with Crippen LogP contribution in [0, 0.1) is 0 Å². The Labute approximate surface area is 138 Å². The number of rotatable bonds is 7. The molecule has 1 aromatic heterocycles. The summed E-state index contributed by atoms with van der Waals surface area (Å²) in [4.78, 5) is 26.9. The molecule has 0 aliphatic rings. The summed E-state index contributed by atoms with van der Waals surface area (Å²) < 4.78 is 5.39. The summed E-state index contributed by atoms with van der Waals surface area (Å²) in [5.41, 5.74) is 1.57. The molecule has 1 aromatic carbocycles. The number of aromatic nitrogens is 1. The van der Waals surface area contributed by atoms with Gasteiger partial charge in [0.15, 0.2) is 0 Å². The van der Waals surface area contributed by atoms with Gasteiger partial charge in [0.25, 0.3) is 0 Å². The topological polar surface area (TPSA) is 88.5 Å². The maximum absolute atomic E-state index is 11.8. The van der Waals surface area contributed by atoms with Gasteiger partial charge in [0.05, 0.1) is 18.7 Å². The highest BCUT2D eigenvalue weighted by Gasteiger charge is 2.15. The van der Waals surface area contributed by atoms with Crippen molar-refractivity contribution >= 4 is 23.2 Å². The third-order valence-corrected chi connectivity index (χ3v) is 3.99. The summed E-state index contributed by atoms with van der Waals surface area (Å²) >= 11 is 1.44. The first-order valence-corrected chi connectivity index (χ1v) is 8.07. The third-order valence-electron chi connectivity index (χ3n) is 3.05. The molecule has 0 saturated carbocycles. The van der Waals surface area contributed by atoms with E-state index in [0.29, 0.717) is 12.3 Å². The van der Waals surface area contributed by atoms with Gasteiger partial charge in [-0.3, -0.25) is 9.59 Å². The van der Waals surface area contributed by atoms with Crippen LogP contribution in [0.2, 0.25) is 0 Å². The standard InChI is InChI=1S/C16H18N2O4S/c1-3-22-13-6-4-11(5-7-13)15-18-12(9-23-15)8-14(19)17-10(2)16(20)21/h4-7,9-10H,3,8H2,1-2H3,(H,17,19)(H,20,21)/t10-/m0/s1. The maximum atomic E-state index is 11.8. The quantitative estimate of drug-likeness (QED) is 0.811. The van der Waals surface area contributed by atoms with E-state index in [0.717, 1.165) is 16.3 Å². The van der Waals surface area contributed by atoms with Crippen molar-refractivity contribution in [2.45, 2.75) is 26.3 Å². The van der Waals surface area contributed by atoms with E-state index in [9.17, 15) is 9.59 Å². The SMILES string of the molecule is CCOc1ccc(-c2nc(CC(=O)N[C@@H](C)C(=O)O)cs2)cc1. The van der Waals surface area contributed by atoms with E-state index in [1.54, 1.807) is 5.38 Å². The lowest BCUT2D eigenvalue weighted by molar-refractivity contribution is -0.141. The molecule has 7 heteroatoms. The van der Waals surface area contributed by atoms with E-state index in [1.807, 2.05) is 31.2 Å². The van der Waals surface area contributed by atoms with Crippen LogP contribution in [0.25, 0.3) is 10.6 Å². The van der Waals surface area contributed by atoms with Gasteiger partial charge in [-0.25, -0.2) is 4.98 Å². The maximum Gasteiger partial charge on any atom is 0.325 e. The van der Waals surface area contributed by atoms with Crippen LogP contribution in [0.1, 0.15) is 19.5 Å². The predicted octanol–water partition coefficient (Wildman–Crippen LogP) is 2.34. The van der Waals surface area contributed by atoms with Crippen LogP contribution in [-0.4, -0.2) is 34.6 Å². The Kier molecular flexibility index (Phi) is 5.70. The zero-order chi connectivity index (χ0) is 16.8. The summed E-state index contributed by atoms with van der Waals surface area (Å²) in [6, 6.07) is 6.68. The number of nitrogens with zero attached hydrogens (tertiary/aromatic N) is 1. The first kappa shape index (κ1) is 17.0. The summed E-state index contributed by atoms with van der Waals surface area (Å²) in [7, 11) is 0. The number of ether oxygens (including phenoxy) is 1. The number of carboxylic acids is 1.